The molecule has 1 aliphatic heterocycles. The minimum atomic E-state index is 0.644. The first-order valence-corrected chi connectivity index (χ1v) is 5.62. The largest absolute Gasteiger partial charge is 0.302 e. The molecule has 1 aromatic rings. The Hall–Kier alpha value is -1.08. The molecule has 15 heavy (non-hydrogen) atoms. The molecule has 1 heteroatoms. The first kappa shape index (κ1) is 10.4. The minimum absolute atomic E-state index is 0.644. The Labute approximate surface area is 92.4 Å². The molecule has 1 heterocycles. The van der Waals surface area contributed by atoms with Gasteiger partial charge >= 0.3 is 0 Å². The smallest absolute Gasteiger partial charge is 0.0166 e. The van der Waals surface area contributed by atoms with Gasteiger partial charge in [-0.3, -0.25) is 0 Å². The summed E-state index contributed by atoms with van der Waals surface area (Å²) < 4.78 is 0. The normalized spacial score (nSPS) is 22.6. The van der Waals surface area contributed by atoms with Gasteiger partial charge in [0.25, 0.3) is 0 Å². The molecular formula is C14H19N. The average molecular weight is 201 g/mol. The first-order chi connectivity index (χ1) is 7.16. The molecular weight excluding hydrogens is 182 g/mol. The fraction of sp³-hybridized carbons (Fsp3) is 0.429. The number of aryl methyl sites for hydroxylation is 1. The predicted octanol–water partition coefficient (Wildman–Crippen LogP) is 2.96. The molecule has 0 N–H and O–H groups in total. The molecule has 0 saturated carbocycles. The summed E-state index contributed by atoms with van der Waals surface area (Å²) in [4.78, 5) is 2.37. The second-order valence-corrected chi connectivity index (χ2v) is 4.65. The topological polar surface area (TPSA) is 3.24 Å². The van der Waals surface area contributed by atoms with Crippen LogP contribution in [0.1, 0.15) is 18.1 Å². The summed E-state index contributed by atoms with van der Waals surface area (Å²) in [5.41, 5.74) is 4.26. The van der Waals surface area contributed by atoms with Crippen molar-refractivity contribution in [2.75, 3.05) is 20.1 Å². The van der Waals surface area contributed by atoms with E-state index >= 15 is 0 Å². The Morgan fingerprint density at radius 3 is 2.80 bits per heavy atom. The number of likely N-dealkylation sites (N-methyl/N-ethyl adjacent to an activating group) is 1. The van der Waals surface area contributed by atoms with Crippen molar-refractivity contribution >= 4 is 5.57 Å². The third kappa shape index (κ3) is 2.29. The van der Waals surface area contributed by atoms with Gasteiger partial charge in [0.15, 0.2) is 0 Å². The van der Waals surface area contributed by atoms with Crippen LogP contribution in [0.3, 0.4) is 0 Å². The fourth-order valence-corrected chi connectivity index (χ4v) is 2.32. The zero-order chi connectivity index (χ0) is 10.8. The van der Waals surface area contributed by atoms with Crippen LogP contribution in [0.15, 0.2) is 30.3 Å². The molecule has 80 valence electrons. The third-order valence-electron chi connectivity index (χ3n) is 3.09. The third-order valence-corrected chi connectivity index (χ3v) is 3.09. The number of hydrogen-bond donors (Lipinski definition) is 0. The van der Waals surface area contributed by atoms with Gasteiger partial charge in [-0.2, -0.15) is 0 Å². The summed E-state index contributed by atoms with van der Waals surface area (Å²) >= 11 is 0. The van der Waals surface area contributed by atoms with Crippen LogP contribution in [-0.4, -0.2) is 25.0 Å². The van der Waals surface area contributed by atoms with Gasteiger partial charge in [-0.05, 0) is 31.0 Å². The molecule has 0 fully saturated rings. The van der Waals surface area contributed by atoms with Gasteiger partial charge in [-0.1, -0.05) is 42.8 Å². The second kappa shape index (κ2) is 4.19. The van der Waals surface area contributed by atoms with Gasteiger partial charge in [-0.15, -0.1) is 0 Å². The van der Waals surface area contributed by atoms with Gasteiger partial charge in [0, 0.05) is 13.1 Å². The molecule has 1 unspecified atom stereocenters. The van der Waals surface area contributed by atoms with E-state index in [4.69, 9.17) is 0 Å². The van der Waals surface area contributed by atoms with Gasteiger partial charge in [-0.25, -0.2) is 0 Å². The van der Waals surface area contributed by atoms with Crippen molar-refractivity contribution in [1.82, 2.24) is 4.90 Å². The van der Waals surface area contributed by atoms with E-state index in [0.29, 0.717) is 5.92 Å². The van der Waals surface area contributed by atoms with Crippen molar-refractivity contribution in [2.24, 2.45) is 5.92 Å². The van der Waals surface area contributed by atoms with E-state index in [2.05, 4.69) is 56.1 Å². The Kier molecular flexibility index (Phi) is 2.92. The Bertz CT molecular complexity index is 379. The van der Waals surface area contributed by atoms with Crippen LogP contribution in [-0.2, 0) is 0 Å². The van der Waals surface area contributed by atoms with E-state index in [1.165, 1.54) is 23.2 Å². The lowest BCUT2D eigenvalue weighted by molar-refractivity contribution is 0.329. The first-order valence-electron chi connectivity index (χ1n) is 5.62. The number of hydrogen-bond acceptors (Lipinski definition) is 1. The van der Waals surface area contributed by atoms with Crippen molar-refractivity contribution in [2.45, 2.75) is 13.8 Å². The standard InChI is InChI=1S/C14H19N/c1-11-5-4-6-13(9-11)14-7-8-15(3)10-12(14)2/h4-7,9,12H,8,10H2,1-3H3. The number of nitrogens with zero attached hydrogens (tertiary/aromatic N) is 1. The lowest BCUT2D eigenvalue weighted by Crippen LogP contribution is -2.29. The maximum absolute atomic E-state index is 2.37. The summed E-state index contributed by atoms with van der Waals surface area (Å²) in [6, 6.07) is 8.81. The molecule has 0 aliphatic carbocycles. The van der Waals surface area contributed by atoms with E-state index in [9.17, 15) is 0 Å². The molecule has 0 bridgehead atoms. The highest BCUT2D eigenvalue weighted by atomic mass is 15.1. The molecule has 1 aliphatic rings. The molecule has 0 amide bonds. The highest BCUT2D eigenvalue weighted by Crippen LogP contribution is 2.27. The van der Waals surface area contributed by atoms with Crippen LogP contribution in [0, 0.1) is 12.8 Å². The molecule has 0 saturated heterocycles. The van der Waals surface area contributed by atoms with Gasteiger partial charge in [0.1, 0.15) is 0 Å². The minimum Gasteiger partial charge on any atom is -0.302 e. The Morgan fingerprint density at radius 2 is 2.13 bits per heavy atom. The lowest BCUT2D eigenvalue weighted by atomic mass is 9.90. The van der Waals surface area contributed by atoms with Gasteiger partial charge < -0.3 is 4.90 Å². The van der Waals surface area contributed by atoms with Crippen molar-refractivity contribution in [3.63, 3.8) is 0 Å². The van der Waals surface area contributed by atoms with Crippen molar-refractivity contribution in [3.8, 4) is 0 Å². The maximum Gasteiger partial charge on any atom is 0.0166 e. The van der Waals surface area contributed by atoms with Crippen LogP contribution in [0.4, 0.5) is 0 Å². The molecule has 1 aromatic carbocycles. The zero-order valence-electron chi connectivity index (χ0n) is 9.83. The zero-order valence-corrected chi connectivity index (χ0v) is 9.83. The van der Waals surface area contributed by atoms with Crippen LogP contribution in [0.25, 0.3) is 5.57 Å². The predicted molar refractivity (Wildman–Crippen MR) is 65.8 cm³/mol. The molecule has 0 spiro atoms. The van der Waals surface area contributed by atoms with E-state index in [-0.39, 0.29) is 0 Å². The van der Waals surface area contributed by atoms with Crippen LogP contribution in [0.5, 0.6) is 0 Å². The van der Waals surface area contributed by atoms with E-state index in [1.54, 1.807) is 0 Å². The monoisotopic (exact) mass is 201 g/mol. The van der Waals surface area contributed by atoms with E-state index in [0.717, 1.165) is 6.54 Å². The van der Waals surface area contributed by atoms with Crippen LogP contribution in [0.2, 0.25) is 0 Å². The van der Waals surface area contributed by atoms with E-state index in [1.807, 2.05) is 0 Å². The summed E-state index contributed by atoms with van der Waals surface area (Å²) in [6.07, 6.45) is 2.36. The molecule has 2 rings (SSSR count). The summed E-state index contributed by atoms with van der Waals surface area (Å²) in [7, 11) is 2.18. The number of benzene rings is 1. The summed E-state index contributed by atoms with van der Waals surface area (Å²) in [5, 5.41) is 0. The Morgan fingerprint density at radius 1 is 1.33 bits per heavy atom. The molecule has 1 atom stereocenters. The van der Waals surface area contributed by atoms with Crippen molar-refractivity contribution in [3.05, 3.63) is 41.5 Å². The van der Waals surface area contributed by atoms with Gasteiger partial charge in [0.05, 0.1) is 0 Å². The summed E-state index contributed by atoms with van der Waals surface area (Å²) in [5.74, 6) is 0.644. The highest BCUT2D eigenvalue weighted by molar-refractivity contribution is 5.68. The second-order valence-electron chi connectivity index (χ2n) is 4.65. The lowest BCUT2D eigenvalue weighted by Gasteiger charge is -2.28. The van der Waals surface area contributed by atoms with Crippen LogP contribution >= 0.6 is 0 Å². The van der Waals surface area contributed by atoms with E-state index < -0.39 is 0 Å². The SMILES string of the molecule is Cc1cccc(C2=CCN(C)CC2C)c1. The average Bonchev–Trinajstić information content (AvgIpc) is 2.17. The molecule has 0 aromatic heterocycles. The quantitative estimate of drug-likeness (QED) is 0.675. The van der Waals surface area contributed by atoms with Crippen LogP contribution < -0.4 is 0 Å². The Balaban J connectivity index is 2.31. The van der Waals surface area contributed by atoms with Crippen molar-refractivity contribution in [1.29, 1.82) is 0 Å². The molecule has 0 radical (unpaired) electrons. The fourth-order valence-electron chi connectivity index (χ4n) is 2.32. The van der Waals surface area contributed by atoms with Crippen molar-refractivity contribution < 1.29 is 0 Å². The number of rotatable bonds is 1. The highest BCUT2D eigenvalue weighted by Gasteiger charge is 2.17. The molecule has 1 nitrogen and oxygen atoms in total. The van der Waals surface area contributed by atoms with Gasteiger partial charge in [0.2, 0.25) is 0 Å². The maximum atomic E-state index is 2.37. The summed E-state index contributed by atoms with van der Waals surface area (Å²) in [6.45, 7) is 6.71.